The van der Waals surface area contributed by atoms with Gasteiger partial charge in [-0.05, 0) is 30.0 Å². The molecule has 0 radical (unpaired) electrons. The van der Waals surface area contributed by atoms with Crippen LogP contribution < -0.4 is 4.90 Å². The third-order valence-electron chi connectivity index (χ3n) is 5.41. The van der Waals surface area contributed by atoms with Gasteiger partial charge in [0.2, 0.25) is 17.7 Å². The quantitative estimate of drug-likeness (QED) is 0.776. The van der Waals surface area contributed by atoms with E-state index in [-0.39, 0.29) is 17.7 Å². The highest BCUT2D eigenvalue weighted by atomic mass is 16.2. The summed E-state index contributed by atoms with van der Waals surface area (Å²) in [6, 6.07) is 8.02. The molecule has 1 atom stereocenters. The highest BCUT2D eigenvalue weighted by Gasteiger charge is 2.40. The lowest BCUT2D eigenvalue weighted by atomic mass is 10.0. The van der Waals surface area contributed by atoms with Crippen LogP contribution in [0, 0.1) is 5.92 Å². The van der Waals surface area contributed by atoms with Gasteiger partial charge in [0.25, 0.3) is 0 Å². The van der Waals surface area contributed by atoms with Crippen molar-refractivity contribution in [1.82, 2.24) is 9.80 Å². The van der Waals surface area contributed by atoms with Gasteiger partial charge in [0.05, 0.1) is 0 Å². The van der Waals surface area contributed by atoms with Crippen LogP contribution in [-0.4, -0.2) is 60.2 Å². The summed E-state index contributed by atoms with van der Waals surface area (Å²) in [7, 11) is 0. The maximum atomic E-state index is 12.8. The zero-order chi connectivity index (χ0) is 18.8. The minimum absolute atomic E-state index is 0.0325. The van der Waals surface area contributed by atoms with E-state index in [0.29, 0.717) is 45.1 Å². The Morgan fingerprint density at radius 2 is 1.54 bits per heavy atom. The number of carbonyl (C=O) groups excluding carboxylic acids is 3. The normalized spacial score (nSPS) is 20.8. The molecule has 6 heteroatoms. The van der Waals surface area contributed by atoms with Crippen molar-refractivity contribution < 1.29 is 14.4 Å². The molecule has 0 saturated carbocycles. The standard InChI is InChI=1S/C20H27N3O3/c1-14(2)16-4-6-17(7-5-16)23-9-8-18(20(23)26)19(25)22-12-10-21(11-13-22)15(3)24/h4-7,14,18H,8-13H2,1-3H3. The summed E-state index contributed by atoms with van der Waals surface area (Å²) in [5.74, 6) is -0.323. The molecule has 0 aliphatic carbocycles. The molecule has 1 unspecified atom stereocenters. The molecule has 1 aromatic rings. The Kier molecular flexibility index (Phi) is 5.30. The number of nitrogens with zero attached hydrogens (tertiary/aromatic N) is 3. The molecule has 3 amide bonds. The molecule has 1 aromatic carbocycles. The van der Waals surface area contributed by atoms with E-state index in [1.54, 1.807) is 21.6 Å². The molecular weight excluding hydrogens is 330 g/mol. The van der Waals surface area contributed by atoms with Gasteiger partial charge in [-0.15, -0.1) is 0 Å². The Morgan fingerprint density at radius 1 is 0.962 bits per heavy atom. The zero-order valence-corrected chi connectivity index (χ0v) is 15.8. The number of hydrogen-bond acceptors (Lipinski definition) is 3. The van der Waals surface area contributed by atoms with E-state index in [1.165, 1.54) is 5.56 Å². The summed E-state index contributed by atoms with van der Waals surface area (Å²) >= 11 is 0. The van der Waals surface area contributed by atoms with Crippen molar-refractivity contribution in [3.63, 3.8) is 0 Å². The predicted molar refractivity (Wildman–Crippen MR) is 99.8 cm³/mol. The van der Waals surface area contributed by atoms with Crippen LogP contribution in [0.3, 0.4) is 0 Å². The Hall–Kier alpha value is -2.37. The highest BCUT2D eigenvalue weighted by Crippen LogP contribution is 2.28. The van der Waals surface area contributed by atoms with Crippen molar-refractivity contribution in [3.05, 3.63) is 29.8 Å². The monoisotopic (exact) mass is 357 g/mol. The number of rotatable bonds is 3. The molecule has 26 heavy (non-hydrogen) atoms. The van der Waals surface area contributed by atoms with Crippen LogP contribution in [0.4, 0.5) is 5.69 Å². The Balaban J connectivity index is 1.63. The minimum atomic E-state index is -0.594. The predicted octanol–water partition coefficient (Wildman–Crippen LogP) is 1.85. The molecule has 3 rings (SSSR count). The summed E-state index contributed by atoms with van der Waals surface area (Å²) in [6.45, 7) is 8.48. The molecule has 0 bridgehead atoms. The van der Waals surface area contributed by atoms with Gasteiger partial charge in [-0.3, -0.25) is 14.4 Å². The Labute approximate surface area is 154 Å². The fourth-order valence-corrected chi connectivity index (χ4v) is 3.67. The van der Waals surface area contributed by atoms with Gasteiger partial charge >= 0.3 is 0 Å². The average molecular weight is 357 g/mol. The topological polar surface area (TPSA) is 60.9 Å². The SMILES string of the molecule is CC(=O)N1CCN(C(=O)C2CCN(c3ccc(C(C)C)cc3)C2=O)CC1. The second-order valence-corrected chi connectivity index (χ2v) is 7.41. The van der Waals surface area contributed by atoms with Crippen molar-refractivity contribution in [2.75, 3.05) is 37.6 Å². The summed E-state index contributed by atoms with van der Waals surface area (Å²) in [5, 5.41) is 0. The van der Waals surface area contributed by atoms with Crippen molar-refractivity contribution in [2.45, 2.75) is 33.1 Å². The lowest BCUT2D eigenvalue weighted by molar-refractivity contribution is -0.144. The van der Waals surface area contributed by atoms with Crippen LogP contribution >= 0.6 is 0 Å². The number of carbonyl (C=O) groups is 3. The van der Waals surface area contributed by atoms with Gasteiger partial charge < -0.3 is 14.7 Å². The van der Waals surface area contributed by atoms with E-state index >= 15 is 0 Å². The number of amides is 3. The van der Waals surface area contributed by atoms with E-state index in [4.69, 9.17) is 0 Å². The molecule has 2 heterocycles. The van der Waals surface area contributed by atoms with E-state index in [9.17, 15) is 14.4 Å². The Bertz CT molecular complexity index is 691. The first-order valence-corrected chi connectivity index (χ1v) is 9.34. The molecule has 6 nitrogen and oxygen atoms in total. The van der Waals surface area contributed by atoms with Gasteiger partial charge in [0.1, 0.15) is 5.92 Å². The van der Waals surface area contributed by atoms with E-state index in [2.05, 4.69) is 13.8 Å². The first kappa shape index (κ1) is 18.4. The van der Waals surface area contributed by atoms with E-state index in [0.717, 1.165) is 5.69 Å². The number of benzene rings is 1. The number of piperazine rings is 1. The summed E-state index contributed by atoms with van der Waals surface area (Å²) in [4.78, 5) is 42.2. The number of hydrogen-bond donors (Lipinski definition) is 0. The van der Waals surface area contributed by atoms with E-state index < -0.39 is 5.92 Å². The minimum Gasteiger partial charge on any atom is -0.339 e. The fraction of sp³-hybridized carbons (Fsp3) is 0.550. The second-order valence-electron chi connectivity index (χ2n) is 7.41. The van der Waals surface area contributed by atoms with Gasteiger partial charge in [-0.1, -0.05) is 26.0 Å². The van der Waals surface area contributed by atoms with Crippen LogP contribution in [0.1, 0.15) is 38.7 Å². The molecule has 0 aromatic heterocycles. The molecular formula is C20H27N3O3. The molecule has 0 spiro atoms. The summed E-state index contributed by atoms with van der Waals surface area (Å²) in [6.07, 6.45) is 0.552. The fourth-order valence-electron chi connectivity index (χ4n) is 3.67. The average Bonchev–Trinajstić information content (AvgIpc) is 3.02. The second kappa shape index (κ2) is 7.48. The van der Waals surface area contributed by atoms with Gasteiger partial charge in [-0.2, -0.15) is 0 Å². The molecule has 2 fully saturated rings. The molecule has 2 aliphatic heterocycles. The van der Waals surface area contributed by atoms with Crippen LogP contribution in [0.5, 0.6) is 0 Å². The molecule has 2 saturated heterocycles. The van der Waals surface area contributed by atoms with Crippen LogP contribution in [-0.2, 0) is 14.4 Å². The first-order chi connectivity index (χ1) is 12.4. The van der Waals surface area contributed by atoms with E-state index in [1.807, 2.05) is 24.3 Å². The van der Waals surface area contributed by atoms with Gasteiger partial charge in [0, 0.05) is 45.3 Å². The maximum absolute atomic E-state index is 12.8. The van der Waals surface area contributed by atoms with Crippen LogP contribution in [0.2, 0.25) is 0 Å². The van der Waals surface area contributed by atoms with Crippen molar-refractivity contribution in [3.8, 4) is 0 Å². The van der Waals surface area contributed by atoms with Gasteiger partial charge in [-0.25, -0.2) is 0 Å². The maximum Gasteiger partial charge on any atom is 0.239 e. The lowest BCUT2D eigenvalue weighted by Crippen LogP contribution is -2.52. The van der Waals surface area contributed by atoms with Crippen molar-refractivity contribution >= 4 is 23.4 Å². The third-order valence-corrected chi connectivity index (χ3v) is 5.41. The molecule has 2 aliphatic rings. The lowest BCUT2D eigenvalue weighted by Gasteiger charge is -2.35. The van der Waals surface area contributed by atoms with Crippen molar-refractivity contribution in [1.29, 1.82) is 0 Å². The van der Waals surface area contributed by atoms with Crippen LogP contribution in [0.15, 0.2) is 24.3 Å². The molecule has 140 valence electrons. The summed E-state index contributed by atoms with van der Waals surface area (Å²) < 4.78 is 0. The smallest absolute Gasteiger partial charge is 0.239 e. The highest BCUT2D eigenvalue weighted by molar-refractivity contribution is 6.09. The number of anilines is 1. The Morgan fingerprint density at radius 3 is 2.08 bits per heavy atom. The van der Waals surface area contributed by atoms with Crippen molar-refractivity contribution in [2.24, 2.45) is 5.92 Å². The van der Waals surface area contributed by atoms with Gasteiger partial charge in [0.15, 0.2) is 0 Å². The third kappa shape index (κ3) is 3.59. The first-order valence-electron chi connectivity index (χ1n) is 9.34. The largest absolute Gasteiger partial charge is 0.339 e. The molecule has 0 N–H and O–H groups in total. The van der Waals surface area contributed by atoms with Crippen LogP contribution in [0.25, 0.3) is 0 Å². The zero-order valence-electron chi connectivity index (χ0n) is 15.8. The summed E-state index contributed by atoms with van der Waals surface area (Å²) in [5.41, 5.74) is 2.09.